The van der Waals surface area contributed by atoms with Crippen molar-refractivity contribution < 1.29 is 29.3 Å². The molecule has 0 aromatic heterocycles. The van der Waals surface area contributed by atoms with Crippen molar-refractivity contribution in [3.63, 3.8) is 0 Å². The molecule has 0 heterocycles. The summed E-state index contributed by atoms with van der Waals surface area (Å²) >= 11 is 0. The number of hydrogen-bond donors (Lipinski definition) is 2. The Morgan fingerprint density at radius 1 is 0.958 bits per heavy atom. The molecule has 2 aromatic carbocycles. The van der Waals surface area contributed by atoms with Gasteiger partial charge in [0, 0.05) is 5.56 Å². The molecule has 122 valence electrons. The van der Waals surface area contributed by atoms with Gasteiger partial charge in [-0.25, -0.2) is 9.59 Å². The number of carboxylic acids is 2. The van der Waals surface area contributed by atoms with E-state index < -0.39 is 18.5 Å². The Morgan fingerprint density at radius 2 is 1.62 bits per heavy atom. The highest BCUT2D eigenvalue weighted by Crippen LogP contribution is 2.15. The van der Waals surface area contributed by atoms with Crippen LogP contribution in [0.5, 0.6) is 5.75 Å². The number of aliphatic carboxylic acids is 1. The van der Waals surface area contributed by atoms with Gasteiger partial charge in [-0.15, -0.1) is 0 Å². The van der Waals surface area contributed by atoms with E-state index in [4.69, 9.17) is 14.9 Å². The molecule has 0 unspecified atom stereocenters. The number of hydrogen-bond acceptors (Lipinski definition) is 4. The molecule has 0 amide bonds. The molecule has 0 saturated heterocycles. The Hall–Kier alpha value is -3.41. The molecule has 0 spiro atoms. The fourth-order valence-electron chi connectivity index (χ4n) is 1.96. The Morgan fingerprint density at radius 3 is 2.25 bits per heavy atom. The molecule has 6 heteroatoms. The van der Waals surface area contributed by atoms with Crippen molar-refractivity contribution in [2.24, 2.45) is 0 Å². The Kier molecular flexibility index (Phi) is 5.46. The average molecular weight is 326 g/mol. The number of carbonyl (C=O) groups excluding carboxylic acids is 1. The number of ether oxygens (including phenoxy) is 1. The minimum Gasteiger partial charge on any atom is -0.482 e. The van der Waals surface area contributed by atoms with Gasteiger partial charge in [-0.1, -0.05) is 24.3 Å². The van der Waals surface area contributed by atoms with Gasteiger partial charge in [-0.3, -0.25) is 4.79 Å². The zero-order valence-electron chi connectivity index (χ0n) is 12.5. The molecule has 2 aromatic rings. The van der Waals surface area contributed by atoms with Crippen molar-refractivity contribution in [2.75, 3.05) is 6.61 Å². The number of rotatable bonds is 7. The summed E-state index contributed by atoms with van der Waals surface area (Å²) in [6.45, 7) is -0.459. The second-order valence-corrected chi connectivity index (χ2v) is 4.80. The highest BCUT2D eigenvalue weighted by molar-refractivity contribution is 6.07. The van der Waals surface area contributed by atoms with Crippen LogP contribution in [0.2, 0.25) is 0 Å². The molecule has 0 fully saturated rings. The number of ketones is 1. The van der Waals surface area contributed by atoms with Crippen LogP contribution < -0.4 is 4.74 Å². The Balaban J connectivity index is 2.10. The monoisotopic (exact) mass is 326 g/mol. The van der Waals surface area contributed by atoms with Crippen molar-refractivity contribution in [3.05, 3.63) is 71.3 Å². The van der Waals surface area contributed by atoms with Gasteiger partial charge in [-0.05, 0) is 42.0 Å². The van der Waals surface area contributed by atoms with Gasteiger partial charge in [-0.2, -0.15) is 0 Å². The molecule has 0 aliphatic rings. The Labute approximate surface area is 137 Å². The molecular formula is C18H14O6. The predicted octanol–water partition coefficient (Wildman–Crippen LogP) is 2.74. The van der Waals surface area contributed by atoms with E-state index in [-0.39, 0.29) is 11.3 Å². The van der Waals surface area contributed by atoms with E-state index in [0.717, 1.165) is 0 Å². The summed E-state index contributed by atoms with van der Waals surface area (Å²) in [6.07, 6.45) is 2.73. The van der Waals surface area contributed by atoms with Crippen molar-refractivity contribution in [2.45, 2.75) is 0 Å². The zero-order chi connectivity index (χ0) is 17.5. The summed E-state index contributed by atoms with van der Waals surface area (Å²) < 4.78 is 4.98. The van der Waals surface area contributed by atoms with Gasteiger partial charge in [0.15, 0.2) is 12.4 Å². The maximum absolute atomic E-state index is 12.1. The zero-order valence-corrected chi connectivity index (χ0v) is 12.5. The molecule has 0 aliphatic heterocycles. The first kappa shape index (κ1) is 17.0. The summed E-state index contributed by atoms with van der Waals surface area (Å²) in [5.41, 5.74) is 0.917. The van der Waals surface area contributed by atoms with Crippen LogP contribution in [0.3, 0.4) is 0 Å². The first-order valence-corrected chi connectivity index (χ1v) is 6.97. The largest absolute Gasteiger partial charge is 0.482 e. The molecular weight excluding hydrogens is 312 g/mol. The third-order valence-corrected chi connectivity index (χ3v) is 3.11. The molecule has 0 aliphatic carbocycles. The summed E-state index contributed by atoms with van der Waals surface area (Å²) in [7, 11) is 0. The van der Waals surface area contributed by atoms with Crippen molar-refractivity contribution in [3.8, 4) is 5.75 Å². The maximum atomic E-state index is 12.1. The number of benzene rings is 2. The summed E-state index contributed by atoms with van der Waals surface area (Å²) in [6, 6.07) is 12.4. The highest BCUT2D eigenvalue weighted by Gasteiger charge is 2.08. The standard InChI is InChI=1S/C18H14O6/c19-16(10-7-12-3-1-2-4-15(12)18(22)23)13-5-8-14(9-6-13)24-11-17(20)21/h1-10H,11H2,(H,20,21)(H,22,23)/b10-7+. The van der Waals surface area contributed by atoms with Crippen molar-refractivity contribution in [1.82, 2.24) is 0 Å². The van der Waals surface area contributed by atoms with E-state index in [1.54, 1.807) is 18.2 Å². The van der Waals surface area contributed by atoms with Crippen LogP contribution in [0.15, 0.2) is 54.6 Å². The quantitative estimate of drug-likeness (QED) is 0.599. The second-order valence-electron chi connectivity index (χ2n) is 4.80. The molecule has 0 bridgehead atoms. The SMILES string of the molecule is O=C(O)COc1ccc(C(=O)/C=C/c2ccccc2C(=O)O)cc1. The van der Waals surface area contributed by atoms with E-state index in [9.17, 15) is 14.4 Å². The molecule has 2 rings (SSSR count). The summed E-state index contributed by atoms with van der Waals surface area (Å²) in [5.74, 6) is -2.12. The van der Waals surface area contributed by atoms with Crippen molar-refractivity contribution in [1.29, 1.82) is 0 Å². The lowest BCUT2D eigenvalue weighted by Gasteiger charge is -2.03. The van der Waals surface area contributed by atoms with Crippen LogP contribution in [0.4, 0.5) is 0 Å². The normalized spacial score (nSPS) is 10.5. The Bertz CT molecular complexity index is 789. The minimum atomic E-state index is -1.09. The van der Waals surface area contributed by atoms with Crippen LogP contribution in [-0.4, -0.2) is 34.5 Å². The molecule has 2 N–H and O–H groups in total. The lowest BCUT2D eigenvalue weighted by Crippen LogP contribution is -2.09. The topological polar surface area (TPSA) is 101 Å². The first-order chi connectivity index (χ1) is 11.5. The van der Waals surface area contributed by atoms with Crippen LogP contribution in [0.25, 0.3) is 6.08 Å². The smallest absolute Gasteiger partial charge is 0.341 e. The van der Waals surface area contributed by atoms with Crippen LogP contribution in [-0.2, 0) is 4.79 Å². The van der Waals surface area contributed by atoms with E-state index in [1.807, 2.05) is 0 Å². The molecule has 0 atom stereocenters. The van der Waals surface area contributed by atoms with E-state index in [1.165, 1.54) is 42.5 Å². The van der Waals surface area contributed by atoms with Gasteiger partial charge < -0.3 is 14.9 Å². The maximum Gasteiger partial charge on any atom is 0.341 e. The molecule has 24 heavy (non-hydrogen) atoms. The summed E-state index contributed by atoms with van der Waals surface area (Å²) in [5, 5.41) is 17.6. The predicted molar refractivity (Wildman–Crippen MR) is 86.3 cm³/mol. The lowest BCUT2D eigenvalue weighted by atomic mass is 10.1. The third kappa shape index (κ3) is 4.54. The molecule has 0 saturated carbocycles. The second kappa shape index (κ2) is 7.73. The number of allylic oxidation sites excluding steroid dienone is 1. The van der Waals surface area contributed by atoms with Gasteiger partial charge in [0.1, 0.15) is 5.75 Å². The van der Waals surface area contributed by atoms with Crippen LogP contribution in [0.1, 0.15) is 26.3 Å². The number of aromatic carboxylic acids is 1. The molecule has 0 radical (unpaired) electrons. The molecule has 6 nitrogen and oxygen atoms in total. The van der Waals surface area contributed by atoms with Gasteiger partial charge in [0.05, 0.1) is 5.56 Å². The van der Waals surface area contributed by atoms with E-state index in [0.29, 0.717) is 16.9 Å². The van der Waals surface area contributed by atoms with Gasteiger partial charge >= 0.3 is 11.9 Å². The number of carboxylic acid groups (broad SMARTS) is 2. The van der Waals surface area contributed by atoms with Gasteiger partial charge in [0.25, 0.3) is 0 Å². The highest BCUT2D eigenvalue weighted by atomic mass is 16.5. The fourth-order valence-corrected chi connectivity index (χ4v) is 1.96. The summed E-state index contributed by atoms with van der Waals surface area (Å²) in [4.78, 5) is 33.6. The van der Waals surface area contributed by atoms with Gasteiger partial charge in [0.2, 0.25) is 0 Å². The lowest BCUT2D eigenvalue weighted by molar-refractivity contribution is -0.139. The third-order valence-electron chi connectivity index (χ3n) is 3.11. The number of carbonyl (C=O) groups is 3. The average Bonchev–Trinajstić information content (AvgIpc) is 2.58. The van der Waals surface area contributed by atoms with Crippen LogP contribution in [0, 0.1) is 0 Å². The minimum absolute atomic E-state index is 0.110. The van der Waals surface area contributed by atoms with E-state index >= 15 is 0 Å². The fraction of sp³-hybridized carbons (Fsp3) is 0.0556. The first-order valence-electron chi connectivity index (χ1n) is 6.97. The van der Waals surface area contributed by atoms with E-state index in [2.05, 4.69) is 0 Å². The van der Waals surface area contributed by atoms with Crippen LogP contribution >= 0.6 is 0 Å². The van der Waals surface area contributed by atoms with Crippen molar-refractivity contribution >= 4 is 23.8 Å².